The first-order valence-electron chi connectivity index (χ1n) is 14.4. The molecule has 0 radical (unpaired) electrons. The van der Waals surface area contributed by atoms with E-state index in [1.54, 1.807) is 23.2 Å². The fourth-order valence-electron chi connectivity index (χ4n) is 5.95. The molecule has 0 spiro atoms. The van der Waals surface area contributed by atoms with Gasteiger partial charge in [-0.25, -0.2) is 4.79 Å². The Morgan fingerprint density at radius 3 is 2.56 bits per heavy atom. The van der Waals surface area contributed by atoms with Gasteiger partial charge in [-0.1, -0.05) is 29.3 Å². The zero-order valence-corrected chi connectivity index (χ0v) is 25.2. The number of nitrogens with zero attached hydrogens (tertiary/aromatic N) is 4. The van der Waals surface area contributed by atoms with Crippen LogP contribution in [0.1, 0.15) is 42.9 Å². The lowest BCUT2D eigenvalue weighted by Gasteiger charge is -2.35. The summed E-state index contributed by atoms with van der Waals surface area (Å²) in [6, 6.07) is 8.36. The van der Waals surface area contributed by atoms with Gasteiger partial charge >= 0.3 is 6.03 Å². The van der Waals surface area contributed by atoms with E-state index in [-0.39, 0.29) is 30.0 Å². The highest BCUT2D eigenvalue weighted by Crippen LogP contribution is 2.34. The predicted octanol–water partition coefficient (Wildman–Crippen LogP) is 4.22. The molecule has 9 nitrogen and oxygen atoms in total. The summed E-state index contributed by atoms with van der Waals surface area (Å²) in [7, 11) is 4.07. The van der Waals surface area contributed by atoms with Crippen molar-refractivity contribution in [2.45, 2.75) is 56.2 Å². The molecular formula is C30H39Cl2N5O4. The first-order chi connectivity index (χ1) is 19.8. The molecule has 41 heavy (non-hydrogen) atoms. The number of carbonyl (C=O) groups excluding carboxylic acids is 2. The van der Waals surface area contributed by atoms with Crippen LogP contribution in [0.5, 0.6) is 5.75 Å². The van der Waals surface area contributed by atoms with Gasteiger partial charge in [-0.15, -0.1) is 0 Å². The number of likely N-dealkylation sites (tertiary alicyclic amines) is 2. The molecule has 1 aromatic heterocycles. The number of piperidine rings is 1. The quantitative estimate of drug-likeness (QED) is 0.486. The van der Waals surface area contributed by atoms with Crippen molar-refractivity contribution >= 4 is 35.1 Å². The summed E-state index contributed by atoms with van der Waals surface area (Å²) in [6.07, 6.45) is 5.50. The molecule has 0 aliphatic carbocycles. The Bertz CT molecular complexity index is 1220. The Balaban J connectivity index is 1.26. The molecule has 3 saturated heterocycles. The highest BCUT2D eigenvalue weighted by atomic mass is 35.5. The second kappa shape index (κ2) is 13.6. The van der Waals surface area contributed by atoms with E-state index in [1.165, 1.54) is 0 Å². The third kappa shape index (κ3) is 7.25. The fraction of sp³-hybridized carbons (Fsp3) is 0.567. The Kier molecular flexibility index (Phi) is 9.91. The summed E-state index contributed by atoms with van der Waals surface area (Å²) in [5.74, 6) is 0.850. The number of nitrogens with one attached hydrogen (secondary N) is 1. The van der Waals surface area contributed by atoms with E-state index < -0.39 is 6.04 Å². The second-order valence-corrected chi connectivity index (χ2v) is 12.2. The van der Waals surface area contributed by atoms with Gasteiger partial charge in [0.05, 0.1) is 24.9 Å². The molecule has 1 aromatic carbocycles. The van der Waals surface area contributed by atoms with E-state index in [9.17, 15) is 9.59 Å². The molecule has 3 amide bonds. The molecule has 222 valence electrons. The standard InChI is InChI=1S/C30H39Cl2N5O4/c1-35(2)25-18-40-19-27(25)41-26-6-5-11-33-28(26)20-9-14-36(15-10-20)29(38)24(34-30(39)37-12-3-4-13-37)16-21-7-8-22(31)17-23(21)32/h5-8,11,17,20,24-25,27H,3-4,9-10,12-16,18-19H2,1-2H3,(H,34,39)/t24-,25-,27+/m1/s1. The van der Waals surface area contributed by atoms with Crippen molar-refractivity contribution in [2.24, 2.45) is 0 Å². The summed E-state index contributed by atoms with van der Waals surface area (Å²) < 4.78 is 12.1. The summed E-state index contributed by atoms with van der Waals surface area (Å²) >= 11 is 12.5. The molecule has 3 aliphatic rings. The van der Waals surface area contributed by atoms with Crippen LogP contribution in [0, 0.1) is 0 Å². The third-order valence-electron chi connectivity index (χ3n) is 8.36. The van der Waals surface area contributed by atoms with Gasteiger partial charge in [-0.05, 0) is 69.6 Å². The molecule has 4 heterocycles. The summed E-state index contributed by atoms with van der Waals surface area (Å²) in [5.41, 5.74) is 1.70. The minimum Gasteiger partial charge on any atom is -0.484 e. The monoisotopic (exact) mass is 603 g/mol. The molecule has 0 bridgehead atoms. The first kappa shape index (κ1) is 29.9. The first-order valence-corrected chi connectivity index (χ1v) is 15.2. The van der Waals surface area contributed by atoms with E-state index in [4.69, 9.17) is 37.7 Å². The van der Waals surface area contributed by atoms with E-state index in [0.717, 1.165) is 42.7 Å². The molecule has 0 saturated carbocycles. The molecule has 3 aliphatic heterocycles. The normalized spacial score (nSPS) is 22.3. The predicted molar refractivity (Wildman–Crippen MR) is 159 cm³/mol. The number of urea groups is 1. The molecule has 5 rings (SSSR count). The van der Waals surface area contributed by atoms with Crippen molar-refractivity contribution < 1.29 is 19.1 Å². The minimum absolute atomic E-state index is 0.0608. The second-order valence-electron chi connectivity index (χ2n) is 11.3. The van der Waals surface area contributed by atoms with Crippen LogP contribution in [0.15, 0.2) is 36.5 Å². The number of aromatic nitrogens is 1. The molecule has 3 fully saturated rings. The summed E-state index contributed by atoms with van der Waals surface area (Å²) in [4.78, 5) is 37.3. The zero-order valence-electron chi connectivity index (χ0n) is 23.7. The van der Waals surface area contributed by atoms with Crippen LogP contribution in [-0.4, -0.2) is 103 Å². The number of likely N-dealkylation sites (N-methyl/N-ethyl adjacent to an activating group) is 1. The minimum atomic E-state index is -0.725. The number of ether oxygens (including phenoxy) is 2. The maximum absolute atomic E-state index is 13.8. The van der Waals surface area contributed by atoms with Gasteiger partial charge in [-0.3, -0.25) is 9.78 Å². The molecule has 2 aromatic rings. The number of rotatable bonds is 8. The van der Waals surface area contributed by atoms with Crippen molar-refractivity contribution in [3.05, 3.63) is 57.8 Å². The number of halogens is 2. The van der Waals surface area contributed by atoms with Gasteiger partial charge in [0.1, 0.15) is 17.9 Å². The van der Waals surface area contributed by atoms with E-state index in [0.29, 0.717) is 55.9 Å². The third-order valence-corrected chi connectivity index (χ3v) is 8.95. The van der Waals surface area contributed by atoms with Crippen LogP contribution < -0.4 is 10.1 Å². The van der Waals surface area contributed by atoms with Gasteiger partial charge < -0.3 is 29.5 Å². The number of benzene rings is 1. The van der Waals surface area contributed by atoms with Crippen LogP contribution in [0.3, 0.4) is 0 Å². The van der Waals surface area contributed by atoms with Crippen LogP contribution >= 0.6 is 23.2 Å². The van der Waals surface area contributed by atoms with Crippen LogP contribution in [0.25, 0.3) is 0 Å². The van der Waals surface area contributed by atoms with Crippen molar-refractivity contribution in [3.63, 3.8) is 0 Å². The molecule has 0 unspecified atom stereocenters. The fourth-order valence-corrected chi connectivity index (χ4v) is 6.44. The molecular weight excluding hydrogens is 565 g/mol. The average Bonchev–Trinajstić information content (AvgIpc) is 3.67. The number of carbonyl (C=O) groups is 2. The number of pyridine rings is 1. The van der Waals surface area contributed by atoms with Crippen molar-refractivity contribution in [2.75, 3.05) is 53.5 Å². The van der Waals surface area contributed by atoms with E-state index in [1.807, 2.05) is 37.2 Å². The molecule has 11 heteroatoms. The SMILES string of the molecule is CN(C)[C@@H]1COC[C@@H]1Oc1cccnc1C1CCN(C(=O)[C@@H](Cc2ccc(Cl)cc2Cl)NC(=O)N2CCCC2)CC1. The Morgan fingerprint density at radius 2 is 1.85 bits per heavy atom. The summed E-state index contributed by atoms with van der Waals surface area (Å²) in [5, 5.41) is 4.02. The Morgan fingerprint density at radius 1 is 1.10 bits per heavy atom. The van der Waals surface area contributed by atoms with Crippen LogP contribution in [0.2, 0.25) is 10.0 Å². The highest BCUT2D eigenvalue weighted by molar-refractivity contribution is 6.35. The maximum Gasteiger partial charge on any atom is 0.318 e. The van der Waals surface area contributed by atoms with Gasteiger partial charge in [0.15, 0.2) is 0 Å². The van der Waals surface area contributed by atoms with E-state index >= 15 is 0 Å². The lowest BCUT2D eigenvalue weighted by atomic mass is 9.91. The molecule has 3 atom stereocenters. The maximum atomic E-state index is 13.8. The van der Waals surface area contributed by atoms with Crippen molar-refractivity contribution in [1.82, 2.24) is 25.0 Å². The molecule has 1 N–H and O–H groups in total. The lowest BCUT2D eigenvalue weighted by molar-refractivity contribution is -0.134. The Hall–Kier alpha value is -2.59. The van der Waals surface area contributed by atoms with Crippen molar-refractivity contribution in [3.8, 4) is 5.75 Å². The smallest absolute Gasteiger partial charge is 0.318 e. The summed E-state index contributed by atoms with van der Waals surface area (Å²) in [6.45, 7) is 3.73. The van der Waals surface area contributed by atoms with Gasteiger partial charge in [0.2, 0.25) is 5.91 Å². The van der Waals surface area contributed by atoms with Gasteiger partial charge in [-0.2, -0.15) is 0 Å². The lowest BCUT2D eigenvalue weighted by Crippen LogP contribution is -2.54. The van der Waals surface area contributed by atoms with Crippen LogP contribution in [-0.2, 0) is 16.0 Å². The number of hydrogen-bond acceptors (Lipinski definition) is 6. The van der Waals surface area contributed by atoms with Gasteiger partial charge in [0, 0.05) is 54.8 Å². The number of amides is 3. The van der Waals surface area contributed by atoms with Crippen LogP contribution in [0.4, 0.5) is 4.79 Å². The highest BCUT2D eigenvalue weighted by Gasteiger charge is 2.35. The van der Waals surface area contributed by atoms with Gasteiger partial charge in [0.25, 0.3) is 0 Å². The largest absolute Gasteiger partial charge is 0.484 e. The zero-order chi connectivity index (χ0) is 28.9. The van der Waals surface area contributed by atoms with E-state index in [2.05, 4.69) is 10.2 Å². The topological polar surface area (TPSA) is 87.2 Å². The average molecular weight is 605 g/mol. The van der Waals surface area contributed by atoms with Crippen molar-refractivity contribution in [1.29, 1.82) is 0 Å². The Labute approximate surface area is 252 Å². The number of hydrogen-bond donors (Lipinski definition) is 1.